The number of nitrogens with one attached hydrogen (secondary N) is 1. The highest BCUT2D eigenvalue weighted by Gasteiger charge is 2.18. The van der Waals surface area contributed by atoms with Crippen molar-refractivity contribution in [2.75, 3.05) is 7.11 Å². The molecule has 2 heterocycles. The van der Waals surface area contributed by atoms with Crippen molar-refractivity contribution < 1.29 is 9.53 Å². The maximum absolute atomic E-state index is 12.4. The van der Waals surface area contributed by atoms with E-state index in [0.717, 1.165) is 22.0 Å². The average molecular weight is 316 g/mol. The summed E-state index contributed by atoms with van der Waals surface area (Å²) in [5.74, 6) is 1.32. The van der Waals surface area contributed by atoms with Crippen LogP contribution >= 0.6 is 11.3 Å². The molecule has 7 heteroatoms. The largest absolute Gasteiger partial charge is 0.496 e. The molecule has 1 amide bonds. The quantitative estimate of drug-likeness (QED) is 0.803. The number of aromatic nitrogens is 3. The van der Waals surface area contributed by atoms with Crippen molar-refractivity contribution in [3.8, 4) is 5.75 Å². The number of hydrogen-bond donors (Lipinski definition) is 1. The van der Waals surface area contributed by atoms with E-state index in [1.165, 1.54) is 11.3 Å². The van der Waals surface area contributed by atoms with Crippen LogP contribution in [0.2, 0.25) is 0 Å². The van der Waals surface area contributed by atoms with Crippen LogP contribution < -0.4 is 10.1 Å². The first kappa shape index (κ1) is 14.5. The molecule has 1 N–H and O–H groups in total. The van der Waals surface area contributed by atoms with Gasteiger partial charge in [0.05, 0.1) is 19.3 Å². The molecule has 2 aromatic heterocycles. The minimum atomic E-state index is -0.202. The Morgan fingerprint density at radius 1 is 1.41 bits per heavy atom. The van der Waals surface area contributed by atoms with Gasteiger partial charge in [-0.05, 0) is 19.9 Å². The first-order valence-corrected chi connectivity index (χ1v) is 7.66. The fraction of sp³-hybridized carbons (Fsp3) is 0.267. The lowest BCUT2D eigenvalue weighted by Gasteiger charge is -2.16. The summed E-state index contributed by atoms with van der Waals surface area (Å²) in [7, 11) is 1.62. The number of rotatable bonds is 4. The summed E-state index contributed by atoms with van der Waals surface area (Å²) in [6.45, 7) is 3.77. The Bertz CT molecular complexity index is 824. The van der Waals surface area contributed by atoms with Gasteiger partial charge < -0.3 is 10.1 Å². The highest BCUT2D eigenvalue weighted by Crippen LogP contribution is 2.25. The summed E-state index contributed by atoms with van der Waals surface area (Å²) < 4.78 is 7.00. The number of nitrogens with zero attached hydrogens (tertiary/aromatic N) is 3. The summed E-state index contributed by atoms with van der Waals surface area (Å²) in [6.07, 6.45) is 1.72. The fourth-order valence-electron chi connectivity index (χ4n) is 2.27. The van der Waals surface area contributed by atoms with Gasteiger partial charge in [0.15, 0.2) is 0 Å². The lowest BCUT2D eigenvalue weighted by atomic mass is 10.1. The third-order valence-electron chi connectivity index (χ3n) is 3.42. The smallest absolute Gasteiger partial charge is 0.282 e. The van der Waals surface area contributed by atoms with E-state index in [2.05, 4.69) is 15.4 Å². The lowest BCUT2D eigenvalue weighted by molar-refractivity contribution is 0.0938. The van der Waals surface area contributed by atoms with Crippen molar-refractivity contribution >= 4 is 22.1 Å². The summed E-state index contributed by atoms with van der Waals surface area (Å²) in [5, 5.41) is 7.66. The monoisotopic (exact) mass is 316 g/mol. The number of amides is 1. The number of ether oxygens (including phenoxy) is 1. The van der Waals surface area contributed by atoms with Crippen molar-refractivity contribution in [2.45, 2.75) is 19.9 Å². The SMILES string of the molecule is COc1ccccc1C(C)NC(=O)c1nn2c(C)ncc2s1. The molecule has 0 aliphatic carbocycles. The van der Waals surface area contributed by atoms with Crippen LogP contribution in [0.1, 0.15) is 34.2 Å². The Morgan fingerprint density at radius 2 is 2.18 bits per heavy atom. The maximum Gasteiger partial charge on any atom is 0.282 e. The Kier molecular flexibility index (Phi) is 3.81. The van der Waals surface area contributed by atoms with Crippen LogP contribution in [0.25, 0.3) is 4.83 Å². The van der Waals surface area contributed by atoms with Crippen LogP contribution in [-0.4, -0.2) is 27.6 Å². The van der Waals surface area contributed by atoms with E-state index in [1.54, 1.807) is 17.8 Å². The van der Waals surface area contributed by atoms with E-state index in [1.807, 2.05) is 38.1 Å². The molecule has 0 bridgehead atoms. The number of imidazole rings is 1. The summed E-state index contributed by atoms with van der Waals surface area (Å²) in [4.78, 5) is 17.4. The van der Waals surface area contributed by atoms with E-state index < -0.39 is 0 Å². The Morgan fingerprint density at radius 3 is 2.91 bits per heavy atom. The number of carbonyl (C=O) groups excluding carboxylic acids is 1. The number of para-hydroxylation sites is 1. The zero-order chi connectivity index (χ0) is 15.7. The molecule has 0 saturated heterocycles. The van der Waals surface area contributed by atoms with Crippen LogP contribution in [0.5, 0.6) is 5.75 Å². The van der Waals surface area contributed by atoms with Gasteiger partial charge in [0.2, 0.25) is 5.01 Å². The third-order valence-corrected chi connectivity index (χ3v) is 4.36. The minimum absolute atomic E-state index is 0.175. The highest BCUT2D eigenvalue weighted by atomic mass is 32.1. The molecule has 0 radical (unpaired) electrons. The van der Waals surface area contributed by atoms with Crippen LogP contribution in [0, 0.1) is 6.92 Å². The van der Waals surface area contributed by atoms with Gasteiger partial charge in [-0.1, -0.05) is 29.5 Å². The third kappa shape index (κ3) is 2.55. The summed E-state index contributed by atoms with van der Waals surface area (Å²) in [6, 6.07) is 7.46. The molecule has 1 aromatic carbocycles. The molecule has 22 heavy (non-hydrogen) atoms. The lowest BCUT2D eigenvalue weighted by Crippen LogP contribution is -2.27. The van der Waals surface area contributed by atoms with Crippen molar-refractivity contribution in [3.63, 3.8) is 0 Å². The van der Waals surface area contributed by atoms with E-state index >= 15 is 0 Å². The highest BCUT2D eigenvalue weighted by molar-refractivity contribution is 7.18. The first-order valence-electron chi connectivity index (χ1n) is 6.85. The second-order valence-corrected chi connectivity index (χ2v) is 5.91. The normalized spacial score (nSPS) is 12.3. The number of benzene rings is 1. The van der Waals surface area contributed by atoms with Crippen LogP contribution in [0.3, 0.4) is 0 Å². The van der Waals surface area contributed by atoms with Gasteiger partial charge in [0, 0.05) is 5.56 Å². The first-order chi connectivity index (χ1) is 10.6. The van der Waals surface area contributed by atoms with Crippen molar-refractivity contribution in [1.29, 1.82) is 0 Å². The van der Waals surface area contributed by atoms with Crippen LogP contribution in [0.15, 0.2) is 30.5 Å². The van der Waals surface area contributed by atoms with Gasteiger partial charge in [-0.3, -0.25) is 4.79 Å². The average Bonchev–Trinajstić information content (AvgIpc) is 3.09. The molecule has 0 fully saturated rings. The number of carbonyl (C=O) groups is 1. The summed E-state index contributed by atoms with van der Waals surface area (Å²) in [5.41, 5.74) is 0.930. The molecule has 1 unspecified atom stereocenters. The molecule has 1 atom stereocenters. The molecule has 0 saturated carbocycles. The second-order valence-electron chi connectivity index (χ2n) is 4.90. The standard InChI is InChI=1S/C15H16N4O2S/c1-9(11-6-4-5-7-12(11)21-3)17-14(20)15-18-19-10(2)16-8-13(19)22-15/h4-9H,1-3H3,(H,17,20). The number of methoxy groups -OCH3 is 1. The van der Waals surface area contributed by atoms with Gasteiger partial charge >= 0.3 is 0 Å². The minimum Gasteiger partial charge on any atom is -0.496 e. The zero-order valence-corrected chi connectivity index (χ0v) is 13.3. The van der Waals surface area contributed by atoms with E-state index in [9.17, 15) is 4.79 Å². The molecular weight excluding hydrogens is 300 g/mol. The van der Waals surface area contributed by atoms with Gasteiger partial charge in [-0.25, -0.2) is 9.50 Å². The van der Waals surface area contributed by atoms with Crippen molar-refractivity contribution in [3.05, 3.63) is 46.9 Å². The van der Waals surface area contributed by atoms with E-state index in [4.69, 9.17) is 4.74 Å². The Labute approximate surface area is 131 Å². The molecule has 0 aliphatic rings. The Balaban J connectivity index is 1.81. The topological polar surface area (TPSA) is 68.5 Å². The van der Waals surface area contributed by atoms with Gasteiger partial charge in [-0.2, -0.15) is 0 Å². The molecule has 114 valence electrons. The maximum atomic E-state index is 12.4. The molecule has 6 nitrogen and oxygen atoms in total. The van der Waals surface area contributed by atoms with Gasteiger partial charge in [0.1, 0.15) is 16.4 Å². The predicted octanol–water partition coefficient (Wildman–Crippen LogP) is 2.60. The fourth-order valence-corrected chi connectivity index (χ4v) is 3.11. The molecule has 0 spiro atoms. The van der Waals surface area contributed by atoms with Crippen molar-refractivity contribution in [2.24, 2.45) is 0 Å². The van der Waals surface area contributed by atoms with Crippen LogP contribution in [-0.2, 0) is 0 Å². The molecule has 3 rings (SSSR count). The van der Waals surface area contributed by atoms with Gasteiger partial charge in [-0.15, -0.1) is 5.10 Å². The van der Waals surface area contributed by atoms with E-state index in [-0.39, 0.29) is 11.9 Å². The van der Waals surface area contributed by atoms with Gasteiger partial charge in [0.25, 0.3) is 5.91 Å². The molecule has 3 aromatic rings. The number of aryl methyl sites for hydroxylation is 1. The number of hydrogen-bond acceptors (Lipinski definition) is 5. The van der Waals surface area contributed by atoms with E-state index in [0.29, 0.717) is 5.01 Å². The summed E-state index contributed by atoms with van der Waals surface area (Å²) >= 11 is 1.32. The molecule has 0 aliphatic heterocycles. The number of fused-ring (bicyclic) bond motifs is 1. The zero-order valence-electron chi connectivity index (χ0n) is 12.5. The second kappa shape index (κ2) is 5.76. The van der Waals surface area contributed by atoms with Crippen LogP contribution in [0.4, 0.5) is 0 Å². The van der Waals surface area contributed by atoms with Crippen molar-refractivity contribution in [1.82, 2.24) is 19.9 Å². The molecular formula is C15H16N4O2S. The predicted molar refractivity (Wildman–Crippen MR) is 84.5 cm³/mol. The Hall–Kier alpha value is -2.41.